The fourth-order valence-electron chi connectivity index (χ4n) is 2.62. The Morgan fingerprint density at radius 2 is 1.92 bits per heavy atom. The van der Waals surface area contributed by atoms with Gasteiger partial charge in [0, 0.05) is 6.20 Å². The summed E-state index contributed by atoms with van der Waals surface area (Å²) in [6.07, 6.45) is 3.21. The lowest BCUT2D eigenvalue weighted by Crippen LogP contribution is -2.32. The highest BCUT2D eigenvalue weighted by Gasteiger charge is 2.10. The average Bonchev–Trinajstić information content (AvgIpc) is 3.06. The molecule has 1 aromatic carbocycles. The molecular formula is C17H14N6O2. The summed E-state index contributed by atoms with van der Waals surface area (Å²) in [4.78, 5) is 28.8. The van der Waals surface area contributed by atoms with E-state index in [-0.39, 0.29) is 24.6 Å². The van der Waals surface area contributed by atoms with Crippen LogP contribution in [0, 0.1) is 0 Å². The molecule has 0 atom stereocenters. The number of pyridine rings is 1. The van der Waals surface area contributed by atoms with E-state index in [4.69, 9.17) is 0 Å². The summed E-state index contributed by atoms with van der Waals surface area (Å²) in [6, 6.07) is 12.6. The summed E-state index contributed by atoms with van der Waals surface area (Å²) in [5.74, 6) is 0.319. The van der Waals surface area contributed by atoms with Gasteiger partial charge in [-0.2, -0.15) is 0 Å². The second kappa shape index (κ2) is 6.16. The molecule has 1 amide bonds. The largest absolute Gasteiger partial charge is 0.347 e. The fraction of sp³-hybridized carbons (Fsp3) is 0.118. The number of benzene rings is 1. The smallest absolute Gasteiger partial charge is 0.261 e. The summed E-state index contributed by atoms with van der Waals surface area (Å²) in [6.45, 7) is 0.118. The number of amides is 1. The van der Waals surface area contributed by atoms with E-state index in [1.807, 2.05) is 30.5 Å². The van der Waals surface area contributed by atoms with E-state index in [0.29, 0.717) is 22.4 Å². The predicted molar refractivity (Wildman–Crippen MR) is 90.8 cm³/mol. The molecule has 25 heavy (non-hydrogen) atoms. The maximum atomic E-state index is 12.4. The molecule has 4 rings (SSSR count). The molecule has 4 aromatic rings. The van der Waals surface area contributed by atoms with Crippen LogP contribution in [0.2, 0.25) is 0 Å². The molecule has 0 spiro atoms. The molecule has 0 unspecified atom stereocenters. The number of nitrogens with zero attached hydrogens (tertiary/aromatic N) is 5. The number of para-hydroxylation sites is 1. The van der Waals surface area contributed by atoms with Gasteiger partial charge in [0.05, 0.1) is 23.8 Å². The summed E-state index contributed by atoms with van der Waals surface area (Å²) >= 11 is 0. The number of hydrogen-bond donors (Lipinski definition) is 1. The topological polar surface area (TPSA) is 94.2 Å². The van der Waals surface area contributed by atoms with E-state index in [2.05, 4.69) is 20.5 Å². The lowest BCUT2D eigenvalue weighted by atomic mass is 10.2. The molecule has 3 heterocycles. The Hall–Kier alpha value is -3.55. The third-order valence-corrected chi connectivity index (χ3v) is 3.87. The lowest BCUT2D eigenvalue weighted by molar-refractivity contribution is -0.121. The molecule has 8 heteroatoms. The molecule has 0 aliphatic heterocycles. The summed E-state index contributed by atoms with van der Waals surface area (Å²) in [7, 11) is 0. The lowest BCUT2D eigenvalue weighted by Gasteiger charge is -2.07. The van der Waals surface area contributed by atoms with E-state index in [1.54, 1.807) is 22.6 Å². The highest BCUT2D eigenvalue weighted by atomic mass is 16.2. The number of rotatable bonds is 4. The maximum absolute atomic E-state index is 12.4. The van der Waals surface area contributed by atoms with Crippen molar-refractivity contribution >= 4 is 22.5 Å². The highest BCUT2D eigenvalue weighted by Crippen LogP contribution is 2.05. The molecule has 0 radical (unpaired) electrons. The third kappa shape index (κ3) is 2.85. The molecule has 3 aromatic heterocycles. The zero-order chi connectivity index (χ0) is 17.2. The molecule has 124 valence electrons. The Balaban J connectivity index is 1.49. The molecule has 8 nitrogen and oxygen atoms in total. The van der Waals surface area contributed by atoms with Crippen LogP contribution in [-0.2, 0) is 17.9 Å². The third-order valence-electron chi connectivity index (χ3n) is 3.87. The van der Waals surface area contributed by atoms with Crippen LogP contribution in [0.5, 0.6) is 0 Å². The minimum atomic E-state index is -0.299. The fourth-order valence-corrected chi connectivity index (χ4v) is 2.62. The monoisotopic (exact) mass is 334 g/mol. The zero-order valence-corrected chi connectivity index (χ0v) is 13.2. The van der Waals surface area contributed by atoms with Crippen LogP contribution >= 0.6 is 0 Å². The zero-order valence-electron chi connectivity index (χ0n) is 13.2. The van der Waals surface area contributed by atoms with Crippen molar-refractivity contribution in [2.75, 3.05) is 0 Å². The summed E-state index contributed by atoms with van der Waals surface area (Å²) in [5, 5.41) is 11.3. The van der Waals surface area contributed by atoms with Gasteiger partial charge < -0.3 is 5.32 Å². The first kappa shape index (κ1) is 15.0. The van der Waals surface area contributed by atoms with E-state index in [9.17, 15) is 9.59 Å². The quantitative estimate of drug-likeness (QED) is 0.594. The van der Waals surface area contributed by atoms with E-state index in [1.165, 1.54) is 10.9 Å². The van der Waals surface area contributed by atoms with E-state index < -0.39 is 0 Å². The standard InChI is InChI=1S/C17H14N6O2/c24-16(18-9-15-21-20-14-7-3-4-8-23(14)15)10-22-11-19-13-6-2-1-5-12(13)17(22)25/h1-8,11H,9-10H2,(H,18,24). The van der Waals surface area contributed by atoms with Crippen molar-refractivity contribution in [1.82, 2.24) is 29.5 Å². The van der Waals surface area contributed by atoms with Crippen molar-refractivity contribution in [3.05, 3.63) is 71.2 Å². The molecule has 0 fully saturated rings. The van der Waals surface area contributed by atoms with Crippen molar-refractivity contribution in [2.24, 2.45) is 0 Å². The van der Waals surface area contributed by atoms with Crippen LogP contribution < -0.4 is 10.9 Å². The Morgan fingerprint density at radius 1 is 1.08 bits per heavy atom. The van der Waals surface area contributed by atoms with Crippen molar-refractivity contribution < 1.29 is 4.79 Å². The number of nitrogens with one attached hydrogen (secondary N) is 1. The number of carbonyl (C=O) groups excluding carboxylic acids is 1. The van der Waals surface area contributed by atoms with Crippen LogP contribution in [0.3, 0.4) is 0 Å². The van der Waals surface area contributed by atoms with Crippen LogP contribution in [0.15, 0.2) is 59.8 Å². The van der Waals surface area contributed by atoms with Crippen molar-refractivity contribution in [2.45, 2.75) is 13.1 Å². The maximum Gasteiger partial charge on any atom is 0.261 e. The van der Waals surface area contributed by atoms with Gasteiger partial charge in [-0.05, 0) is 24.3 Å². The molecule has 0 bridgehead atoms. The minimum Gasteiger partial charge on any atom is -0.347 e. The molecule has 0 aliphatic carbocycles. The van der Waals surface area contributed by atoms with Gasteiger partial charge in [-0.3, -0.25) is 18.6 Å². The van der Waals surface area contributed by atoms with E-state index >= 15 is 0 Å². The normalized spacial score (nSPS) is 11.0. The Morgan fingerprint density at radius 3 is 2.84 bits per heavy atom. The van der Waals surface area contributed by atoms with Gasteiger partial charge in [0.25, 0.3) is 5.56 Å². The number of hydrogen-bond acceptors (Lipinski definition) is 5. The van der Waals surface area contributed by atoms with E-state index in [0.717, 1.165) is 0 Å². The van der Waals surface area contributed by atoms with Gasteiger partial charge in [0.15, 0.2) is 11.5 Å². The predicted octanol–water partition coefficient (Wildman–Crippen LogP) is 0.756. The molecule has 0 saturated carbocycles. The first-order chi connectivity index (χ1) is 12.2. The first-order valence-corrected chi connectivity index (χ1v) is 7.72. The van der Waals surface area contributed by atoms with Gasteiger partial charge in [-0.15, -0.1) is 10.2 Å². The van der Waals surface area contributed by atoms with Crippen molar-refractivity contribution in [3.8, 4) is 0 Å². The Labute approximate surface area is 141 Å². The molecular weight excluding hydrogens is 320 g/mol. The van der Waals surface area contributed by atoms with Gasteiger partial charge in [0.2, 0.25) is 5.91 Å². The molecule has 1 N–H and O–H groups in total. The van der Waals surface area contributed by atoms with Gasteiger partial charge >= 0.3 is 0 Å². The van der Waals surface area contributed by atoms with Crippen LogP contribution in [0.25, 0.3) is 16.6 Å². The second-order valence-electron chi connectivity index (χ2n) is 5.52. The van der Waals surface area contributed by atoms with Gasteiger partial charge in [-0.25, -0.2) is 4.98 Å². The Kier molecular flexibility index (Phi) is 3.70. The number of aromatic nitrogens is 5. The highest BCUT2D eigenvalue weighted by molar-refractivity contribution is 5.78. The summed E-state index contributed by atoms with van der Waals surface area (Å²) in [5.41, 5.74) is 1.08. The first-order valence-electron chi connectivity index (χ1n) is 7.72. The van der Waals surface area contributed by atoms with Gasteiger partial charge in [-0.1, -0.05) is 18.2 Å². The second-order valence-corrected chi connectivity index (χ2v) is 5.52. The number of carbonyl (C=O) groups is 1. The van der Waals surface area contributed by atoms with Crippen LogP contribution in [-0.4, -0.2) is 30.1 Å². The van der Waals surface area contributed by atoms with Crippen LogP contribution in [0.4, 0.5) is 0 Å². The average molecular weight is 334 g/mol. The van der Waals surface area contributed by atoms with Crippen molar-refractivity contribution in [3.63, 3.8) is 0 Å². The number of fused-ring (bicyclic) bond motifs is 2. The Bertz CT molecular complexity index is 1130. The minimum absolute atomic E-state index is 0.104. The molecule has 0 saturated heterocycles. The van der Waals surface area contributed by atoms with Gasteiger partial charge in [0.1, 0.15) is 6.54 Å². The van der Waals surface area contributed by atoms with Crippen LogP contribution in [0.1, 0.15) is 5.82 Å². The molecule has 0 aliphatic rings. The SMILES string of the molecule is O=C(Cn1cnc2ccccc2c1=O)NCc1nnc2ccccn12. The summed E-state index contributed by atoms with van der Waals surface area (Å²) < 4.78 is 3.09. The van der Waals surface area contributed by atoms with Crippen molar-refractivity contribution in [1.29, 1.82) is 0 Å².